The second-order valence-electron chi connectivity index (χ2n) is 5.22. The van der Waals surface area contributed by atoms with E-state index in [9.17, 15) is 18.5 Å². The van der Waals surface area contributed by atoms with E-state index in [2.05, 4.69) is 10.3 Å². The van der Waals surface area contributed by atoms with Crippen molar-refractivity contribution in [3.8, 4) is 0 Å². The summed E-state index contributed by atoms with van der Waals surface area (Å²) in [6, 6.07) is 9.30. The molecular weight excluding hydrogens is 344 g/mol. The summed E-state index contributed by atoms with van der Waals surface area (Å²) >= 11 is 0. The Labute approximate surface area is 146 Å². The van der Waals surface area contributed by atoms with Crippen molar-refractivity contribution in [2.45, 2.75) is 25.3 Å². The van der Waals surface area contributed by atoms with E-state index in [4.69, 9.17) is 0 Å². The second kappa shape index (κ2) is 8.04. The van der Waals surface area contributed by atoms with Gasteiger partial charge in [0.1, 0.15) is 0 Å². The molecule has 0 aliphatic rings. The third-order valence-electron chi connectivity index (χ3n) is 3.71. The van der Waals surface area contributed by atoms with Crippen LogP contribution in [0.1, 0.15) is 19.4 Å². The molecule has 1 aromatic heterocycles. The summed E-state index contributed by atoms with van der Waals surface area (Å²) in [6.07, 6.45) is 1.47. The van der Waals surface area contributed by atoms with Gasteiger partial charge in [0.05, 0.1) is 9.82 Å². The van der Waals surface area contributed by atoms with Gasteiger partial charge in [-0.25, -0.2) is 13.4 Å². The highest BCUT2D eigenvalue weighted by Gasteiger charge is 2.21. The molecule has 0 saturated carbocycles. The summed E-state index contributed by atoms with van der Waals surface area (Å²) in [5, 5.41) is 13.9. The molecule has 0 saturated heterocycles. The van der Waals surface area contributed by atoms with Crippen molar-refractivity contribution in [1.82, 2.24) is 9.29 Å². The van der Waals surface area contributed by atoms with Crippen LogP contribution >= 0.6 is 0 Å². The van der Waals surface area contributed by atoms with E-state index in [-0.39, 0.29) is 16.4 Å². The van der Waals surface area contributed by atoms with Gasteiger partial charge < -0.3 is 5.32 Å². The van der Waals surface area contributed by atoms with Gasteiger partial charge in [-0.3, -0.25) is 10.1 Å². The van der Waals surface area contributed by atoms with E-state index in [1.807, 2.05) is 0 Å². The standard InChI is InChI=1S/C16H20N4O4S/c1-3-19(4-2)25(23,24)14-9-7-13(8-10-14)12-18-16-15(20(21)22)6-5-11-17-16/h5-11H,3-4,12H2,1-2H3,(H,17,18). The monoisotopic (exact) mass is 364 g/mol. The molecule has 25 heavy (non-hydrogen) atoms. The normalized spacial score (nSPS) is 11.5. The lowest BCUT2D eigenvalue weighted by molar-refractivity contribution is -0.384. The molecule has 0 aliphatic carbocycles. The Bertz CT molecular complexity index is 833. The van der Waals surface area contributed by atoms with E-state index in [1.165, 1.54) is 34.8 Å². The number of aromatic nitrogens is 1. The van der Waals surface area contributed by atoms with Crippen LogP contribution in [0.4, 0.5) is 11.5 Å². The minimum absolute atomic E-state index is 0.108. The molecule has 9 heteroatoms. The first-order valence-electron chi connectivity index (χ1n) is 7.82. The maximum absolute atomic E-state index is 12.4. The van der Waals surface area contributed by atoms with Crippen LogP contribution in [0.2, 0.25) is 0 Å². The molecule has 2 aromatic rings. The van der Waals surface area contributed by atoms with Crippen LogP contribution < -0.4 is 5.32 Å². The molecule has 1 N–H and O–H groups in total. The fraction of sp³-hybridized carbons (Fsp3) is 0.312. The van der Waals surface area contributed by atoms with Crippen molar-refractivity contribution in [1.29, 1.82) is 0 Å². The van der Waals surface area contributed by atoms with Crippen molar-refractivity contribution in [3.63, 3.8) is 0 Å². The average molecular weight is 364 g/mol. The molecule has 0 spiro atoms. The van der Waals surface area contributed by atoms with E-state index in [0.717, 1.165) is 5.56 Å². The van der Waals surface area contributed by atoms with E-state index in [1.54, 1.807) is 26.0 Å². The van der Waals surface area contributed by atoms with Gasteiger partial charge in [-0.2, -0.15) is 4.31 Å². The minimum Gasteiger partial charge on any atom is -0.360 e. The topological polar surface area (TPSA) is 105 Å². The van der Waals surface area contributed by atoms with Crippen LogP contribution in [0.25, 0.3) is 0 Å². The molecule has 0 radical (unpaired) electrons. The van der Waals surface area contributed by atoms with Crippen molar-refractivity contribution in [2.75, 3.05) is 18.4 Å². The smallest absolute Gasteiger partial charge is 0.311 e. The van der Waals surface area contributed by atoms with Gasteiger partial charge in [-0.1, -0.05) is 26.0 Å². The molecule has 0 amide bonds. The lowest BCUT2D eigenvalue weighted by Crippen LogP contribution is -2.30. The van der Waals surface area contributed by atoms with Crippen LogP contribution in [0.5, 0.6) is 0 Å². The summed E-state index contributed by atoms with van der Waals surface area (Å²) in [6.45, 7) is 4.69. The number of nitro groups is 1. The summed E-state index contributed by atoms with van der Waals surface area (Å²) in [5.41, 5.74) is 0.682. The van der Waals surface area contributed by atoms with Crippen molar-refractivity contribution in [3.05, 3.63) is 58.3 Å². The summed E-state index contributed by atoms with van der Waals surface area (Å²) in [7, 11) is -3.49. The van der Waals surface area contributed by atoms with Gasteiger partial charge in [0, 0.05) is 31.9 Å². The number of nitrogens with one attached hydrogen (secondary N) is 1. The SMILES string of the molecule is CCN(CC)S(=O)(=O)c1ccc(CNc2ncccc2[N+](=O)[O-])cc1. The quantitative estimate of drug-likeness (QED) is 0.570. The van der Waals surface area contributed by atoms with Gasteiger partial charge in [0.25, 0.3) is 0 Å². The molecule has 0 unspecified atom stereocenters. The minimum atomic E-state index is -3.49. The fourth-order valence-electron chi connectivity index (χ4n) is 2.36. The van der Waals surface area contributed by atoms with Crippen LogP contribution in [0.15, 0.2) is 47.5 Å². The van der Waals surface area contributed by atoms with Crippen LogP contribution in [0.3, 0.4) is 0 Å². The summed E-state index contributed by atoms with van der Waals surface area (Å²) in [5.74, 6) is 0.173. The zero-order valence-electron chi connectivity index (χ0n) is 14.0. The molecule has 1 aromatic carbocycles. The molecule has 134 valence electrons. The van der Waals surface area contributed by atoms with Crippen LogP contribution in [-0.4, -0.2) is 35.7 Å². The number of hydrogen-bond donors (Lipinski definition) is 1. The molecule has 2 rings (SSSR count). The highest BCUT2D eigenvalue weighted by molar-refractivity contribution is 7.89. The second-order valence-corrected chi connectivity index (χ2v) is 7.15. The van der Waals surface area contributed by atoms with Crippen LogP contribution in [-0.2, 0) is 16.6 Å². The Morgan fingerprint density at radius 3 is 2.36 bits per heavy atom. The molecule has 0 aliphatic heterocycles. The first-order chi connectivity index (χ1) is 11.9. The largest absolute Gasteiger partial charge is 0.360 e. The van der Waals surface area contributed by atoms with Crippen molar-refractivity contribution in [2.24, 2.45) is 0 Å². The van der Waals surface area contributed by atoms with E-state index >= 15 is 0 Å². The number of benzene rings is 1. The highest BCUT2D eigenvalue weighted by Crippen LogP contribution is 2.21. The Hall–Kier alpha value is -2.52. The summed E-state index contributed by atoms with van der Waals surface area (Å²) in [4.78, 5) is 14.6. The molecule has 1 heterocycles. The first kappa shape index (κ1) is 18.8. The molecular formula is C16H20N4O4S. The maximum Gasteiger partial charge on any atom is 0.311 e. The molecule has 8 nitrogen and oxygen atoms in total. The third-order valence-corrected chi connectivity index (χ3v) is 5.77. The first-order valence-corrected chi connectivity index (χ1v) is 9.26. The lowest BCUT2D eigenvalue weighted by Gasteiger charge is -2.18. The Kier molecular flexibility index (Phi) is 6.05. The number of rotatable bonds is 8. The Morgan fingerprint density at radius 2 is 1.80 bits per heavy atom. The van der Waals surface area contributed by atoms with E-state index < -0.39 is 14.9 Å². The van der Waals surface area contributed by atoms with Gasteiger partial charge in [0.2, 0.25) is 15.8 Å². The Balaban J connectivity index is 2.13. The van der Waals surface area contributed by atoms with E-state index in [0.29, 0.717) is 19.6 Å². The fourth-order valence-corrected chi connectivity index (χ4v) is 3.82. The number of nitrogens with zero attached hydrogens (tertiary/aromatic N) is 3. The maximum atomic E-state index is 12.4. The number of pyridine rings is 1. The van der Waals surface area contributed by atoms with Gasteiger partial charge in [-0.15, -0.1) is 0 Å². The third kappa shape index (κ3) is 4.31. The molecule has 0 bridgehead atoms. The zero-order chi connectivity index (χ0) is 18.4. The predicted octanol–water partition coefficient (Wildman–Crippen LogP) is 2.63. The van der Waals surface area contributed by atoms with Crippen LogP contribution in [0, 0.1) is 10.1 Å². The Morgan fingerprint density at radius 1 is 1.16 bits per heavy atom. The number of anilines is 1. The summed E-state index contributed by atoms with van der Waals surface area (Å²) < 4.78 is 26.2. The van der Waals surface area contributed by atoms with Crippen molar-refractivity contribution < 1.29 is 13.3 Å². The highest BCUT2D eigenvalue weighted by atomic mass is 32.2. The lowest BCUT2D eigenvalue weighted by atomic mass is 10.2. The predicted molar refractivity (Wildman–Crippen MR) is 94.8 cm³/mol. The number of sulfonamides is 1. The molecule has 0 fully saturated rings. The van der Waals surface area contributed by atoms with Crippen molar-refractivity contribution >= 4 is 21.5 Å². The number of hydrogen-bond acceptors (Lipinski definition) is 6. The van der Waals surface area contributed by atoms with Gasteiger partial charge >= 0.3 is 5.69 Å². The van der Waals surface area contributed by atoms with Gasteiger partial charge in [-0.05, 0) is 23.8 Å². The van der Waals surface area contributed by atoms with Gasteiger partial charge in [0.15, 0.2) is 0 Å². The average Bonchev–Trinajstić information content (AvgIpc) is 2.61. The zero-order valence-corrected chi connectivity index (χ0v) is 14.9. The molecule has 0 atom stereocenters.